The van der Waals surface area contributed by atoms with E-state index in [4.69, 9.17) is 4.98 Å². The van der Waals surface area contributed by atoms with Gasteiger partial charge in [0.1, 0.15) is 5.82 Å². The van der Waals surface area contributed by atoms with Crippen molar-refractivity contribution in [1.82, 2.24) is 9.97 Å². The Morgan fingerprint density at radius 1 is 0.962 bits per heavy atom. The predicted molar refractivity (Wildman–Crippen MR) is 109 cm³/mol. The lowest BCUT2D eigenvalue weighted by molar-refractivity contribution is 0.874. The van der Waals surface area contributed by atoms with E-state index in [0.717, 1.165) is 31.3 Å². The Morgan fingerprint density at radius 3 is 2.50 bits per heavy atom. The van der Waals surface area contributed by atoms with Gasteiger partial charge in [0.25, 0.3) is 0 Å². The monoisotopic (exact) mass is 346 g/mol. The molecule has 0 saturated carbocycles. The summed E-state index contributed by atoms with van der Waals surface area (Å²) >= 11 is 0. The highest BCUT2D eigenvalue weighted by molar-refractivity contribution is 5.66. The second-order valence-corrected chi connectivity index (χ2v) is 6.09. The quantitative estimate of drug-likeness (QED) is 0.677. The fourth-order valence-electron chi connectivity index (χ4n) is 3.17. The van der Waals surface area contributed by atoms with Gasteiger partial charge in [0.2, 0.25) is 5.95 Å². The summed E-state index contributed by atoms with van der Waals surface area (Å²) in [5.41, 5.74) is 3.86. The van der Waals surface area contributed by atoms with Crippen LogP contribution in [0.3, 0.4) is 0 Å². The summed E-state index contributed by atoms with van der Waals surface area (Å²) in [6, 6.07) is 20.9. The number of para-hydroxylation sites is 1. The highest BCUT2D eigenvalue weighted by atomic mass is 15.3. The number of hydrogen-bond acceptors (Lipinski definition) is 4. The van der Waals surface area contributed by atoms with Gasteiger partial charge < -0.3 is 9.80 Å². The largest absolute Gasteiger partial charge is 0.355 e. The fourth-order valence-corrected chi connectivity index (χ4v) is 3.17. The van der Waals surface area contributed by atoms with Crippen molar-refractivity contribution in [1.29, 1.82) is 0 Å². The van der Waals surface area contributed by atoms with Crippen LogP contribution in [-0.4, -0.2) is 23.6 Å². The molecular weight excluding hydrogens is 320 g/mol. The lowest BCUT2D eigenvalue weighted by Crippen LogP contribution is -2.21. The lowest BCUT2D eigenvalue weighted by Gasteiger charge is -2.21. The molecule has 0 fully saturated rings. The number of benzene rings is 2. The number of aromatic nitrogens is 2. The molecule has 0 bridgehead atoms. The average Bonchev–Trinajstić information content (AvgIpc) is 3.14. The third-order valence-corrected chi connectivity index (χ3v) is 4.41. The number of rotatable bonds is 4. The summed E-state index contributed by atoms with van der Waals surface area (Å²) in [7, 11) is 2.07. The first-order valence-corrected chi connectivity index (χ1v) is 9.25. The first kappa shape index (κ1) is 17.9. The standard InChI is InChI=1S/C20H20N4.C2H6/c1-23(15-16-7-3-2-4-8-16)19-11-13-21-20(22-19)24-14-12-17-9-5-6-10-18(17)24;1-2/h2-11,13H,12,14-15H2,1H3;1-2H3. The van der Waals surface area contributed by atoms with Gasteiger partial charge in [-0.25, -0.2) is 4.98 Å². The molecule has 0 atom stereocenters. The minimum atomic E-state index is 0.775. The Labute approximate surface area is 156 Å². The Bertz CT molecular complexity index is 832. The van der Waals surface area contributed by atoms with Crippen molar-refractivity contribution >= 4 is 17.5 Å². The van der Waals surface area contributed by atoms with Crippen molar-refractivity contribution in [3.8, 4) is 0 Å². The molecule has 4 rings (SSSR count). The van der Waals surface area contributed by atoms with Crippen LogP contribution in [0.1, 0.15) is 25.0 Å². The number of anilines is 3. The molecule has 0 N–H and O–H groups in total. The summed E-state index contributed by atoms with van der Waals surface area (Å²) in [4.78, 5) is 13.6. The average molecular weight is 346 g/mol. The Kier molecular flexibility index (Phi) is 5.84. The van der Waals surface area contributed by atoms with Crippen LogP contribution in [0.4, 0.5) is 17.5 Å². The van der Waals surface area contributed by atoms with Gasteiger partial charge in [-0.3, -0.25) is 0 Å². The number of fused-ring (bicyclic) bond motifs is 1. The molecule has 0 unspecified atom stereocenters. The van der Waals surface area contributed by atoms with Crippen LogP contribution in [0, 0.1) is 0 Å². The van der Waals surface area contributed by atoms with Crippen LogP contribution in [0.15, 0.2) is 66.9 Å². The van der Waals surface area contributed by atoms with Gasteiger partial charge in [-0.1, -0.05) is 62.4 Å². The Balaban J connectivity index is 0.000000948. The normalized spacial score (nSPS) is 12.2. The third-order valence-electron chi connectivity index (χ3n) is 4.41. The molecule has 134 valence electrons. The molecule has 0 radical (unpaired) electrons. The second kappa shape index (κ2) is 8.48. The van der Waals surface area contributed by atoms with Gasteiger partial charge in [-0.05, 0) is 29.7 Å². The van der Waals surface area contributed by atoms with Crippen molar-refractivity contribution in [2.24, 2.45) is 0 Å². The summed E-state index contributed by atoms with van der Waals surface area (Å²) in [6.45, 7) is 5.76. The van der Waals surface area contributed by atoms with E-state index in [0.29, 0.717) is 0 Å². The summed E-state index contributed by atoms with van der Waals surface area (Å²) < 4.78 is 0. The first-order valence-electron chi connectivity index (χ1n) is 9.25. The smallest absolute Gasteiger partial charge is 0.231 e. The maximum absolute atomic E-state index is 4.79. The molecule has 3 aromatic rings. The minimum Gasteiger partial charge on any atom is -0.355 e. The van der Waals surface area contributed by atoms with Crippen molar-refractivity contribution in [3.05, 3.63) is 78.0 Å². The highest BCUT2D eigenvalue weighted by Crippen LogP contribution is 2.32. The van der Waals surface area contributed by atoms with Crippen molar-refractivity contribution < 1.29 is 0 Å². The molecule has 1 aromatic heterocycles. The Morgan fingerprint density at radius 2 is 1.69 bits per heavy atom. The van der Waals surface area contributed by atoms with Gasteiger partial charge in [0.15, 0.2) is 0 Å². The van der Waals surface area contributed by atoms with Gasteiger partial charge in [0, 0.05) is 32.0 Å². The zero-order valence-electron chi connectivity index (χ0n) is 15.8. The molecule has 1 aliphatic rings. The van der Waals surface area contributed by atoms with E-state index in [1.54, 1.807) is 0 Å². The van der Waals surface area contributed by atoms with E-state index in [1.807, 2.05) is 32.2 Å². The zero-order chi connectivity index (χ0) is 18.4. The molecule has 4 heteroatoms. The topological polar surface area (TPSA) is 32.3 Å². The van der Waals surface area contributed by atoms with Crippen molar-refractivity contribution in [2.75, 3.05) is 23.4 Å². The van der Waals surface area contributed by atoms with E-state index in [9.17, 15) is 0 Å². The molecule has 0 aliphatic carbocycles. The van der Waals surface area contributed by atoms with Crippen LogP contribution in [0.5, 0.6) is 0 Å². The van der Waals surface area contributed by atoms with Crippen LogP contribution in [-0.2, 0) is 13.0 Å². The third kappa shape index (κ3) is 3.85. The lowest BCUT2D eigenvalue weighted by atomic mass is 10.2. The minimum absolute atomic E-state index is 0.775. The van der Waals surface area contributed by atoms with Gasteiger partial charge in [-0.15, -0.1) is 0 Å². The second-order valence-electron chi connectivity index (χ2n) is 6.09. The van der Waals surface area contributed by atoms with E-state index >= 15 is 0 Å². The molecule has 2 heterocycles. The van der Waals surface area contributed by atoms with Crippen molar-refractivity contribution in [3.63, 3.8) is 0 Å². The molecule has 0 amide bonds. The number of nitrogens with zero attached hydrogens (tertiary/aromatic N) is 4. The summed E-state index contributed by atoms with van der Waals surface area (Å²) in [5, 5.41) is 0. The van der Waals surface area contributed by atoms with E-state index < -0.39 is 0 Å². The van der Waals surface area contributed by atoms with Crippen LogP contribution in [0.25, 0.3) is 0 Å². The van der Waals surface area contributed by atoms with Crippen LogP contribution in [0.2, 0.25) is 0 Å². The molecule has 26 heavy (non-hydrogen) atoms. The van der Waals surface area contributed by atoms with Crippen molar-refractivity contribution in [2.45, 2.75) is 26.8 Å². The maximum Gasteiger partial charge on any atom is 0.231 e. The highest BCUT2D eigenvalue weighted by Gasteiger charge is 2.22. The SMILES string of the molecule is CC.CN(Cc1ccccc1)c1ccnc(N2CCc3ccccc32)n1. The molecule has 1 aliphatic heterocycles. The Hall–Kier alpha value is -2.88. The summed E-state index contributed by atoms with van der Waals surface area (Å²) in [6.07, 6.45) is 2.89. The molecule has 0 saturated heterocycles. The molecule has 0 spiro atoms. The molecule has 4 nitrogen and oxygen atoms in total. The molecular formula is C22H26N4. The van der Waals surface area contributed by atoms with E-state index in [2.05, 4.69) is 70.4 Å². The molecule has 2 aromatic carbocycles. The summed E-state index contributed by atoms with van der Waals surface area (Å²) in [5.74, 6) is 1.71. The fraction of sp³-hybridized carbons (Fsp3) is 0.273. The first-order chi connectivity index (χ1) is 12.8. The van der Waals surface area contributed by atoms with Crippen LogP contribution < -0.4 is 9.80 Å². The predicted octanol–water partition coefficient (Wildman–Crippen LogP) is 4.83. The van der Waals surface area contributed by atoms with Gasteiger partial charge >= 0.3 is 0 Å². The van der Waals surface area contributed by atoms with Gasteiger partial charge in [-0.2, -0.15) is 4.98 Å². The van der Waals surface area contributed by atoms with Gasteiger partial charge in [0.05, 0.1) is 0 Å². The number of hydrogen-bond donors (Lipinski definition) is 0. The van der Waals surface area contributed by atoms with E-state index in [1.165, 1.54) is 16.8 Å². The van der Waals surface area contributed by atoms with E-state index in [-0.39, 0.29) is 0 Å². The zero-order valence-corrected chi connectivity index (χ0v) is 15.8. The maximum atomic E-state index is 4.79. The van der Waals surface area contributed by atoms with Crippen LogP contribution >= 0.6 is 0 Å².